The predicted molar refractivity (Wildman–Crippen MR) is 127 cm³/mol. The van der Waals surface area contributed by atoms with E-state index in [2.05, 4.69) is 22.6 Å². The van der Waals surface area contributed by atoms with Crippen LogP contribution < -0.4 is 5.32 Å². The van der Waals surface area contributed by atoms with Gasteiger partial charge in [-0.3, -0.25) is 4.79 Å². The van der Waals surface area contributed by atoms with E-state index < -0.39 is 10.0 Å². The summed E-state index contributed by atoms with van der Waals surface area (Å²) in [5.74, 6) is -0.0484. The molecule has 8 nitrogen and oxygen atoms in total. The van der Waals surface area contributed by atoms with Crippen molar-refractivity contribution in [2.24, 2.45) is 5.92 Å². The van der Waals surface area contributed by atoms with Crippen molar-refractivity contribution < 1.29 is 22.5 Å². The minimum atomic E-state index is -3.81. The van der Waals surface area contributed by atoms with Gasteiger partial charge >= 0.3 is 0 Å². The molecule has 1 saturated heterocycles. The van der Waals surface area contributed by atoms with Crippen LogP contribution in [0.3, 0.4) is 0 Å². The summed E-state index contributed by atoms with van der Waals surface area (Å²) in [5, 5.41) is 6.76. The Kier molecular flexibility index (Phi) is 8.10. The van der Waals surface area contributed by atoms with Gasteiger partial charge in [-0.2, -0.15) is 4.31 Å². The van der Waals surface area contributed by atoms with Crippen molar-refractivity contribution in [3.63, 3.8) is 0 Å². The van der Waals surface area contributed by atoms with Gasteiger partial charge in [0, 0.05) is 32.7 Å². The minimum Gasteiger partial charge on any atom is -0.383 e. The van der Waals surface area contributed by atoms with Gasteiger partial charge in [0.15, 0.2) is 10.7 Å². The standard InChI is InChI=1S/C24H33N3O5S/c1-16-14-17(2)21(18(3)15-16)6-7-22-23(19(4)26-32-22)33(29,30)27-11-8-20(9-12-27)24(28)25-10-13-31-5/h6-7,14-15,20H,8-13H2,1-5H3,(H,25,28). The van der Waals surface area contributed by atoms with Gasteiger partial charge < -0.3 is 14.6 Å². The van der Waals surface area contributed by atoms with E-state index in [9.17, 15) is 13.2 Å². The normalized spacial score (nSPS) is 15.9. The second-order valence-electron chi connectivity index (χ2n) is 8.57. The fraction of sp³-hybridized carbons (Fsp3) is 0.500. The molecule has 1 fully saturated rings. The lowest BCUT2D eigenvalue weighted by Crippen LogP contribution is -2.43. The number of sulfonamides is 1. The number of piperidine rings is 1. The molecule has 3 rings (SSSR count). The summed E-state index contributed by atoms with van der Waals surface area (Å²) in [5.41, 5.74) is 4.74. The van der Waals surface area contributed by atoms with Crippen molar-refractivity contribution in [3.8, 4) is 0 Å². The summed E-state index contributed by atoms with van der Waals surface area (Å²) in [7, 11) is -2.23. The smallest absolute Gasteiger partial charge is 0.248 e. The van der Waals surface area contributed by atoms with E-state index in [-0.39, 0.29) is 35.6 Å². The summed E-state index contributed by atoms with van der Waals surface area (Å²) in [6.45, 7) is 9.17. The molecule has 2 heterocycles. The van der Waals surface area contributed by atoms with Crippen LogP contribution in [-0.2, 0) is 19.6 Å². The maximum Gasteiger partial charge on any atom is 0.248 e. The number of nitrogens with one attached hydrogen (secondary N) is 1. The molecule has 0 atom stereocenters. The molecule has 9 heteroatoms. The number of hydrogen-bond donors (Lipinski definition) is 1. The van der Waals surface area contributed by atoms with E-state index in [1.54, 1.807) is 20.1 Å². The van der Waals surface area contributed by atoms with Crippen molar-refractivity contribution in [2.75, 3.05) is 33.4 Å². The van der Waals surface area contributed by atoms with Gasteiger partial charge in [-0.05, 0) is 63.3 Å². The van der Waals surface area contributed by atoms with Gasteiger partial charge in [0.2, 0.25) is 15.9 Å². The van der Waals surface area contributed by atoms with Crippen LogP contribution in [0.5, 0.6) is 0 Å². The van der Waals surface area contributed by atoms with Crippen LogP contribution in [0.15, 0.2) is 21.6 Å². The first kappa shape index (κ1) is 25.1. The van der Waals surface area contributed by atoms with Gasteiger partial charge in [0.1, 0.15) is 5.69 Å². The Morgan fingerprint density at radius 3 is 2.42 bits per heavy atom. The highest BCUT2D eigenvalue weighted by molar-refractivity contribution is 7.89. The first-order chi connectivity index (χ1) is 15.6. The molecule has 0 radical (unpaired) electrons. The van der Waals surface area contributed by atoms with E-state index >= 15 is 0 Å². The average molecular weight is 476 g/mol. The number of amides is 1. The molecular weight excluding hydrogens is 442 g/mol. The van der Waals surface area contributed by atoms with E-state index in [1.165, 1.54) is 9.87 Å². The molecule has 0 unspecified atom stereocenters. The number of aromatic nitrogens is 1. The summed E-state index contributed by atoms with van der Waals surface area (Å²) < 4.78 is 38.6. The van der Waals surface area contributed by atoms with Crippen LogP contribution in [0, 0.1) is 33.6 Å². The zero-order chi connectivity index (χ0) is 24.2. The summed E-state index contributed by atoms with van der Waals surface area (Å²) >= 11 is 0. The highest BCUT2D eigenvalue weighted by Gasteiger charge is 2.35. The lowest BCUT2D eigenvalue weighted by molar-refractivity contribution is -0.126. The number of aryl methyl sites for hydroxylation is 4. The van der Waals surface area contributed by atoms with Crippen LogP contribution in [0.1, 0.15) is 46.5 Å². The average Bonchev–Trinajstić information content (AvgIpc) is 3.14. The molecule has 180 valence electrons. The number of hydrogen-bond acceptors (Lipinski definition) is 6. The zero-order valence-corrected chi connectivity index (χ0v) is 20.8. The maximum atomic E-state index is 13.4. The van der Waals surface area contributed by atoms with Gasteiger partial charge in [0.05, 0.1) is 6.61 Å². The quantitative estimate of drug-likeness (QED) is 0.588. The number of methoxy groups -OCH3 is 1. The molecule has 1 aromatic heterocycles. The monoisotopic (exact) mass is 475 g/mol. The molecule has 1 aromatic carbocycles. The third-order valence-corrected chi connectivity index (χ3v) is 8.06. The van der Waals surface area contributed by atoms with Crippen LogP contribution in [-0.4, -0.2) is 57.1 Å². The van der Waals surface area contributed by atoms with Crippen LogP contribution in [0.25, 0.3) is 12.2 Å². The van der Waals surface area contributed by atoms with Crippen molar-refractivity contribution in [1.29, 1.82) is 0 Å². The highest BCUT2D eigenvalue weighted by atomic mass is 32.2. The molecule has 1 aliphatic heterocycles. The fourth-order valence-corrected chi connectivity index (χ4v) is 6.04. The summed E-state index contributed by atoms with van der Waals surface area (Å²) in [6, 6.07) is 4.18. The molecule has 0 spiro atoms. The number of benzene rings is 1. The predicted octanol–water partition coefficient (Wildman–Crippen LogP) is 3.24. The van der Waals surface area contributed by atoms with E-state index in [0.29, 0.717) is 31.7 Å². The number of carbonyl (C=O) groups excluding carboxylic acids is 1. The molecule has 0 bridgehead atoms. The number of rotatable bonds is 8. The summed E-state index contributed by atoms with van der Waals surface area (Å²) in [6.07, 6.45) is 4.48. The maximum absolute atomic E-state index is 13.4. The molecule has 0 saturated carbocycles. The number of nitrogens with zero attached hydrogens (tertiary/aromatic N) is 2. The topological polar surface area (TPSA) is 102 Å². The van der Waals surface area contributed by atoms with E-state index in [4.69, 9.17) is 9.26 Å². The third-order valence-electron chi connectivity index (χ3n) is 6.00. The molecular formula is C24H33N3O5S. The third kappa shape index (κ3) is 5.72. The first-order valence-corrected chi connectivity index (χ1v) is 12.6. The van der Waals surface area contributed by atoms with Crippen molar-refractivity contribution in [2.45, 2.75) is 45.4 Å². The SMILES string of the molecule is COCCNC(=O)C1CCN(S(=O)(=O)c2c(C)noc2C=Cc2c(C)cc(C)cc2C)CC1. The minimum absolute atomic E-state index is 0.0577. The Bertz CT molecular complexity index is 1110. The second-order valence-corrected chi connectivity index (χ2v) is 10.4. The summed E-state index contributed by atoms with van der Waals surface area (Å²) in [4.78, 5) is 12.4. The number of ether oxygens (including phenoxy) is 1. The Morgan fingerprint density at radius 2 is 1.82 bits per heavy atom. The van der Waals surface area contributed by atoms with Crippen molar-refractivity contribution in [3.05, 3.63) is 45.8 Å². The van der Waals surface area contributed by atoms with Crippen LogP contribution in [0.2, 0.25) is 0 Å². The first-order valence-electron chi connectivity index (χ1n) is 11.1. The number of carbonyl (C=O) groups is 1. The van der Waals surface area contributed by atoms with E-state index in [0.717, 1.165) is 16.7 Å². The van der Waals surface area contributed by atoms with E-state index in [1.807, 2.05) is 26.8 Å². The zero-order valence-electron chi connectivity index (χ0n) is 20.0. The van der Waals surface area contributed by atoms with Crippen LogP contribution in [0.4, 0.5) is 0 Å². The largest absolute Gasteiger partial charge is 0.383 e. The van der Waals surface area contributed by atoms with Gasteiger partial charge in [-0.25, -0.2) is 8.42 Å². The fourth-order valence-electron chi connectivity index (χ4n) is 4.32. The molecule has 2 aromatic rings. The second kappa shape index (κ2) is 10.6. The molecule has 1 N–H and O–H groups in total. The van der Waals surface area contributed by atoms with Gasteiger partial charge in [-0.1, -0.05) is 28.9 Å². The Hall–Kier alpha value is -2.49. The molecule has 1 amide bonds. The lowest BCUT2D eigenvalue weighted by Gasteiger charge is -2.30. The highest BCUT2D eigenvalue weighted by Crippen LogP contribution is 2.30. The lowest BCUT2D eigenvalue weighted by atomic mass is 9.97. The Balaban J connectivity index is 1.77. The van der Waals surface area contributed by atoms with Gasteiger partial charge in [-0.15, -0.1) is 0 Å². The molecule has 1 aliphatic rings. The Labute approximate surface area is 196 Å². The van der Waals surface area contributed by atoms with Crippen LogP contribution >= 0.6 is 0 Å². The molecule has 33 heavy (non-hydrogen) atoms. The van der Waals surface area contributed by atoms with Gasteiger partial charge in [0.25, 0.3) is 0 Å². The van der Waals surface area contributed by atoms with Crippen molar-refractivity contribution in [1.82, 2.24) is 14.8 Å². The Morgan fingerprint density at radius 1 is 1.18 bits per heavy atom. The van der Waals surface area contributed by atoms with Crippen molar-refractivity contribution >= 4 is 28.1 Å². The molecule has 0 aliphatic carbocycles.